The number of alkyl halides is 1. The first-order chi connectivity index (χ1) is 6.65. The molecule has 1 aromatic rings. The Morgan fingerprint density at radius 1 is 1.50 bits per heavy atom. The lowest BCUT2D eigenvalue weighted by molar-refractivity contribution is -0.385. The highest BCUT2D eigenvalue weighted by molar-refractivity contribution is 14.1. The van der Waals surface area contributed by atoms with Crippen LogP contribution in [-0.2, 0) is 6.42 Å². The van der Waals surface area contributed by atoms with Crippen LogP contribution in [-0.4, -0.2) is 10.3 Å². The maximum Gasteiger partial charge on any atom is 0.282 e. The molecule has 0 unspecified atom stereocenters. The lowest BCUT2D eigenvalue weighted by Gasteiger charge is -2.00. The molecule has 0 radical (unpaired) electrons. The third-order valence-electron chi connectivity index (χ3n) is 1.81. The third-order valence-corrected chi connectivity index (χ3v) is 3.23. The van der Waals surface area contributed by atoms with E-state index in [4.69, 9.17) is 0 Å². The minimum Gasteiger partial charge on any atom is -0.258 e. The van der Waals surface area contributed by atoms with Gasteiger partial charge < -0.3 is 0 Å². The van der Waals surface area contributed by atoms with Crippen molar-refractivity contribution in [3.8, 4) is 0 Å². The maximum atomic E-state index is 10.5. The first-order valence-electron chi connectivity index (χ1n) is 4.14. The quantitative estimate of drug-likeness (QED) is 0.352. The first kappa shape index (κ1) is 11.9. The Morgan fingerprint density at radius 3 is 2.71 bits per heavy atom. The Morgan fingerprint density at radius 2 is 2.21 bits per heavy atom. The summed E-state index contributed by atoms with van der Waals surface area (Å²) in [5.74, 6) is 0. The molecule has 14 heavy (non-hydrogen) atoms. The van der Waals surface area contributed by atoms with Gasteiger partial charge >= 0.3 is 0 Å². The van der Waals surface area contributed by atoms with Crippen molar-refractivity contribution in [1.29, 1.82) is 0 Å². The zero-order valence-electron chi connectivity index (χ0n) is 7.37. The minimum atomic E-state index is -0.351. The van der Waals surface area contributed by atoms with E-state index in [0.717, 1.165) is 23.7 Å². The molecule has 0 amide bonds. The largest absolute Gasteiger partial charge is 0.282 e. The smallest absolute Gasteiger partial charge is 0.258 e. The van der Waals surface area contributed by atoms with Crippen LogP contribution >= 0.6 is 38.5 Å². The number of halogens is 2. The number of hydrogen-bond acceptors (Lipinski definition) is 2. The third kappa shape index (κ3) is 3.20. The van der Waals surface area contributed by atoms with Crippen molar-refractivity contribution in [2.75, 3.05) is 5.33 Å². The van der Waals surface area contributed by atoms with Gasteiger partial charge in [0.1, 0.15) is 0 Å². The van der Waals surface area contributed by atoms with Crippen LogP contribution in [0.25, 0.3) is 0 Å². The fourth-order valence-corrected chi connectivity index (χ4v) is 2.18. The van der Waals surface area contributed by atoms with E-state index >= 15 is 0 Å². The Kier molecular flexibility index (Phi) is 4.80. The molecule has 0 fully saturated rings. The number of aryl methyl sites for hydroxylation is 1. The Labute approximate surface area is 104 Å². The number of rotatable bonds is 4. The zero-order chi connectivity index (χ0) is 10.6. The average Bonchev–Trinajstić information content (AvgIpc) is 2.14. The van der Waals surface area contributed by atoms with Crippen molar-refractivity contribution >= 4 is 44.2 Å². The highest BCUT2D eigenvalue weighted by Crippen LogP contribution is 2.22. The van der Waals surface area contributed by atoms with E-state index in [9.17, 15) is 10.1 Å². The molecule has 0 aliphatic heterocycles. The molecule has 0 N–H and O–H groups in total. The van der Waals surface area contributed by atoms with Gasteiger partial charge in [-0.15, -0.1) is 0 Å². The fourth-order valence-electron chi connectivity index (χ4n) is 1.12. The van der Waals surface area contributed by atoms with Gasteiger partial charge in [0.25, 0.3) is 5.69 Å². The number of hydrogen-bond donors (Lipinski definition) is 0. The minimum absolute atomic E-state index is 0.188. The van der Waals surface area contributed by atoms with Gasteiger partial charge in [-0.3, -0.25) is 10.1 Å². The molecular formula is C9H9BrINO2. The van der Waals surface area contributed by atoms with E-state index in [-0.39, 0.29) is 10.6 Å². The van der Waals surface area contributed by atoms with Crippen molar-refractivity contribution in [2.24, 2.45) is 0 Å². The van der Waals surface area contributed by atoms with Crippen molar-refractivity contribution in [2.45, 2.75) is 12.8 Å². The molecule has 0 bridgehead atoms. The summed E-state index contributed by atoms with van der Waals surface area (Å²) in [5, 5.41) is 11.5. The summed E-state index contributed by atoms with van der Waals surface area (Å²) in [7, 11) is 0. The molecule has 1 aromatic carbocycles. The lowest BCUT2D eigenvalue weighted by atomic mass is 10.1. The van der Waals surface area contributed by atoms with E-state index in [1.165, 1.54) is 0 Å². The predicted molar refractivity (Wildman–Crippen MR) is 67.9 cm³/mol. The summed E-state index contributed by atoms with van der Waals surface area (Å²) in [6.07, 6.45) is 2.01. The summed E-state index contributed by atoms with van der Waals surface area (Å²) < 4.78 is 0.708. The topological polar surface area (TPSA) is 43.1 Å². The van der Waals surface area contributed by atoms with Crippen molar-refractivity contribution < 1.29 is 4.92 Å². The molecule has 0 saturated carbocycles. The van der Waals surface area contributed by atoms with E-state index in [1.807, 2.05) is 34.7 Å². The maximum absolute atomic E-state index is 10.5. The Hall–Kier alpha value is -0.170. The SMILES string of the molecule is O=[N+]([O-])c1ccc(CCCBr)cc1I. The van der Waals surface area contributed by atoms with Crippen LogP contribution in [0.4, 0.5) is 5.69 Å². The van der Waals surface area contributed by atoms with Crippen LogP contribution in [0.2, 0.25) is 0 Å². The van der Waals surface area contributed by atoms with Crippen LogP contribution in [0.3, 0.4) is 0 Å². The molecule has 0 aliphatic carbocycles. The van der Waals surface area contributed by atoms with Gasteiger partial charge in [-0.2, -0.15) is 0 Å². The van der Waals surface area contributed by atoms with E-state index in [1.54, 1.807) is 6.07 Å². The summed E-state index contributed by atoms with van der Waals surface area (Å²) >= 11 is 5.35. The summed E-state index contributed by atoms with van der Waals surface area (Å²) in [6.45, 7) is 0. The van der Waals surface area contributed by atoms with Gasteiger partial charge in [-0.1, -0.05) is 22.0 Å². The van der Waals surface area contributed by atoms with Crippen LogP contribution in [0.1, 0.15) is 12.0 Å². The highest BCUT2D eigenvalue weighted by atomic mass is 127. The van der Waals surface area contributed by atoms with Gasteiger partial charge in [-0.25, -0.2) is 0 Å². The molecular weight excluding hydrogens is 361 g/mol. The summed E-state index contributed by atoms with van der Waals surface area (Å²) in [5.41, 5.74) is 1.34. The fraction of sp³-hybridized carbons (Fsp3) is 0.333. The van der Waals surface area contributed by atoms with E-state index in [2.05, 4.69) is 15.9 Å². The number of nitro groups is 1. The van der Waals surface area contributed by atoms with Crippen LogP contribution < -0.4 is 0 Å². The summed E-state index contributed by atoms with van der Waals surface area (Å²) in [6, 6.07) is 5.27. The molecule has 3 nitrogen and oxygen atoms in total. The molecule has 0 aromatic heterocycles. The number of nitro benzene ring substituents is 1. The van der Waals surface area contributed by atoms with Gasteiger partial charge in [0, 0.05) is 11.4 Å². The second-order valence-electron chi connectivity index (χ2n) is 2.84. The standard InChI is InChI=1S/C9H9BrINO2/c10-5-1-2-7-3-4-9(12(13)14)8(11)6-7/h3-4,6H,1-2,5H2. The second-order valence-corrected chi connectivity index (χ2v) is 4.79. The van der Waals surface area contributed by atoms with Crippen molar-refractivity contribution in [1.82, 2.24) is 0 Å². The van der Waals surface area contributed by atoms with Gasteiger partial charge in [-0.05, 0) is 47.1 Å². The average molecular weight is 370 g/mol. The highest BCUT2D eigenvalue weighted by Gasteiger charge is 2.10. The lowest BCUT2D eigenvalue weighted by Crippen LogP contribution is -1.93. The molecule has 76 valence electrons. The van der Waals surface area contributed by atoms with Crippen LogP contribution in [0.15, 0.2) is 18.2 Å². The van der Waals surface area contributed by atoms with Crippen LogP contribution in [0.5, 0.6) is 0 Å². The predicted octanol–water partition coefficient (Wildman–Crippen LogP) is 3.53. The van der Waals surface area contributed by atoms with E-state index < -0.39 is 0 Å². The zero-order valence-corrected chi connectivity index (χ0v) is 11.1. The van der Waals surface area contributed by atoms with E-state index in [0.29, 0.717) is 3.57 Å². The molecule has 0 saturated heterocycles. The molecule has 0 aliphatic rings. The number of nitrogens with zero attached hydrogens (tertiary/aromatic N) is 1. The monoisotopic (exact) mass is 369 g/mol. The molecule has 0 atom stereocenters. The molecule has 5 heteroatoms. The first-order valence-corrected chi connectivity index (χ1v) is 6.34. The van der Waals surface area contributed by atoms with Crippen LogP contribution in [0, 0.1) is 13.7 Å². The van der Waals surface area contributed by atoms with Gasteiger partial charge in [0.05, 0.1) is 8.49 Å². The second kappa shape index (κ2) is 5.65. The number of benzene rings is 1. The normalized spacial score (nSPS) is 10.1. The Bertz CT molecular complexity index is 344. The summed E-state index contributed by atoms with van der Waals surface area (Å²) in [4.78, 5) is 10.2. The molecule has 0 heterocycles. The molecule has 1 rings (SSSR count). The Balaban J connectivity index is 2.83. The van der Waals surface area contributed by atoms with Crippen molar-refractivity contribution in [3.63, 3.8) is 0 Å². The van der Waals surface area contributed by atoms with Gasteiger partial charge in [0.15, 0.2) is 0 Å². The molecule has 0 spiro atoms. The van der Waals surface area contributed by atoms with Gasteiger partial charge in [0.2, 0.25) is 0 Å². The van der Waals surface area contributed by atoms with Crippen molar-refractivity contribution in [3.05, 3.63) is 37.4 Å².